The molecular weight excluding hydrogens is 249 g/mol. The van der Waals surface area contributed by atoms with E-state index >= 15 is 0 Å². The molecule has 19 heavy (non-hydrogen) atoms. The van der Waals surface area contributed by atoms with E-state index in [4.69, 9.17) is 4.42 Å². The second-order valence-corrected chi connectivity index (χ2v) is 4.09. The van der Waals surface area contributed by atoms with Crippen LogP contribution in [0.3, 0.4) is 0 Å². The SMILES string of the molecule is O=C(NCC[C@H](O)c1ccco1)c1cccc(F)c1. The highest BCUT2D eigenvalue weighted by Crippen LogP contribution is 2.15. The van der Waals surface area contributed by atoms with Gasteiger partial charge in [-0.1, -0.05) is 6.07 Å². The lowest BCUT2D eigenvalue weighted by molar-refractivity contribution is 0.0935. The van der Waals surface area contributed by atoms with Gasteiger partial charge in [-0.15, -0.1) is 0 Å². The molecule has 1 aromatic carbocycles. The largest absolute Gasteiger partial charge is 0.467 e. The van der Waals surface area contributed by atoms with E-state index in [-0.39, 0.29) is 18.0 Å². The van der Waals surface area contributed by atoms with E-state index in [0.29, 0.717) is 12.2 Å². The molecule has 100 valence electrons. The zero-order valence-electron chi connectivity index (χ0n) is 10.2. The molecule has 1 aromatic heterocycles. The number of aliphatic hydroxyl groups excluding tert-OH is 1. The lowest BCUT2D eigenvalue weighted by Gasteiger charge is -2.09. The minimum atomic E-state index is -0.761. The number of benzene rings is 1. The molecule has 0 aliphatic rings. The van der Waals surface area contributed by atoms with Gasteiger partial charge in [0.05, 0.1) is 6.26 Å². The van der Waals surface area contributed by atoms with E-state index in [1.165, 1.54) is 24.5 Å². The van der Waals surface area contributed by atoms with E-state index in [1.54, 1.807) is 12.1 Å². The number of furan rings is 1. The Balaban J connectivity index is 1.81. The van der Waals surface area contributed by atoms with E-state index in [0.717, 1.165) is 6.07 Å². The van der Waals surface area contributed by atoms with Crippen molar-refractivity contribution >= 4 is 5.91 Å². The first-order chi connectivity index (χ1) is 9.16. The quantitative estimate of drug-likeness (QED) is 0.869. The van der Waals surface area contributed by atoms with Crippen LogP contribution in [0.2, 0.25) is 0 Å². The topological polar surface area (TPSA) is 62.5 Å². The summed E-state index contributed by atoms with van der Waals surface area (Å²) in [7, 11) is 0. The minimum absolute atomic E-state index is 0.257. The zero-order chi connectivity index (χ0) is 13.7. The Hall–Kier alpha value is -2.14. The van der Waals surface area contributed by atoms with Crippen molar-refractivity contribution in [3.63, 3.8) is 0 Å². The van der Waals surface area contributed by atoms with E-state index < -0.39 is 11.9 Å². The molecule has 0 bridgehead atoms. The Morgan fingerprint density at radius 2 is 2.21 bits per heavy atom. The van der Waals surface area contributed by atoms with Crippen molar-refractivity contribution in [3.8, 4) is 0 Å². The zero-order valence-corrected chi connectivity index (χ0v) is 10.2. The summed E-state index contributed by atoms with van der Waals surface area (Å²) in [5.41, 5.74) is 0.257. The van der Waals surface area contributed by atoms with Crippen LogP contribution >= 0.6 is 0 Å². The number of rotatable bonds is 5. The number of halogens is 1. The highest BCUT2D eigenvalue weighted by atomic mass is 19.1. The van der Waals surface area contributed by atoms with Crippen LogP contribution in [0.1, 0.15) is 28.6 Å². The maximum absolute atomic E-state index is 12.9. The third-order valence-corrected chi connectivity index (χ3v) is 2.66. The number of nitrogens with one attached hydrogen (secondary N) is 1. The summed E-state index contributed by atoms with van der Waals surface area (Å²) >= 11 is 0. The summed E-state index contributed by atoms with van der Waals surface area (Å²) in [6.07, 6.45) is 1.04. The normalized spacial score (nSPS) is 12.1. The molecule has 0 unspecified atom stereocenters. The standard InChI is InChI=1S/C14H14FNO3/c15-11-4-1-3-10(9-11)14(18)16-7-6-12(17)13-5-2-8-19-13/h1-5,8-9,12,17H,6-7H2,(H,16,18)/t12-/m0/s1. The molecule has 0 saturated carbocycles. The van der Waals surface area contributed by atoms with E-state index in [9.17, 15) is 14.3 Å². The van der Waals surface area contributed by atoms with E-state index in [1.807, 2.05) is 0 Å². The molecule has 2 rings (SSSR count). The summed E-state index contributed by atoms with van der Waals surface area (Å²) in [5, 5.41) is 12.3. The molecule has 0 saturated heterocycles. The number of hydrogen-bond donors (Lipinski definition) is 2. The second-order valence-electron chi connectivity index (χ2n) is 4.09. The molecule has 2 aromatic rings. The molecule has 4 nitrogen and oxygen atoms in total. The van der Waals surface area contributed by atoms with Crippen LogP contribution in [0.15, 0.2) is 47.1 Å². The van der Waals surface area contributed by atoms with Gasteiger partial charge < -0.3 is 14.8 Å². The van der Waals surface area contributed by atoms with Gasteiger partial charge in [-0.2, -0.15) is 0 Å². The van der Waals surface area contributed by atoms with E-state index in [2.05, 4.69) is 5.32 Å². The first kappa shape index (κ1) is 13.3. The molecule has 1 atom stereocenters. The summed E-state index contributed by atoms with van der Waals surface area (Å²) in [5.74, 6) is -0.366. The molecule has 1 amide bonds. The fraction of sp³-hybridized carbons (Fsp3) is 0.214. The van der Waals surface area contributed by atoms with Gasteiger partial charge in [0.2, 0.25) is 0 Å². The Morgan fingerprint density at radius 3 is 2.89 bits per heavy atom. The molecule has 0 spiro atoms. The van der Waals surface area contributed by atoms with Crippen LogP contribution in [0.25, 0.3) is 0 Å². The van der Waals surface area contributed by atoms with Gasteiger partial charge >= 0.3 is 0 Å². The Morgan fingerprint density at radius 1 is 1.37 bits per heavy atom. The lowest BCUT2D eigenvalue weighted by atomic mass is 10.2. The summed E-state index contributed by atoms with van der Waals surface area (Å²) < 4.78 is 18.0. The molecule has 0 aliphatic carbocycles. The smallest absolute Gasteiger partial charge is 0.251 e. The average molecular weight is 263 g/mol. The van der Waals surface area contributed by atoms with Gasteiger partial charge in [-0.05, 0) is 36.8 Å². The van der Waals surface area contributed by atoms with Crippen LogP contribution in [0, 0.1) is 5.82 Å². The van der Waals surface area contributed by atoms with Crippen LogP contribution < -0.4 is 5.32 Å². The summed E-state index contributed by atoms with van der Waals surface area (Å²) in [4.78, 5) is 11.7. The average Bonchev–Trinajstić information content (AvgIpc) is 2.92. The monoisotopic (exact) mass is 263 g/mol. The highest BCUT2D eigenvalue weighted by molar-refractivity contribution is 5.94. The molecule has 0 aliphatic heterocycles. The van der Waals surface area contributed by atoms with Gasteiger partial charge in [-0.25, -0.2) is 4.39 Å². The number of carbonyl (C=O) groups excluding carboxylic acids is 1. The summed E-state index contributed by atoms with van der Waals surface area (Å²) in [6, 6.07) is 8.79. The number of aliphatic hydroxyl groups is 1. The Kier molecular flexibility index (Phi) is 4.30. The minimum Gasteiger partial charge on any atom is -0.467 e. The van der Waals surface area contributed by atoms with Crippen LogP contribution in [0.4, 0.5) is 4.39 Å². The third kappa shape index (κ3) is 3.66. The molecule has 1 heterocycles. The van der Waals surface area contributed by atoms with Gasteiger partial charge in [0, 0.05) is 12.1 Å². The van der Waals surface area contributed by atoms with Crippen LogP contribution in [-0.4, -0.2) is 17.6 Å². The maximum atomic E-state index is 12.9. The Labute approximate surface area is 109 Å². The molecule has 2 N–H and O–H groups in total. The second kappa shape index (κ2) is 6.15. The molecule has 0 fully saturated rings. The van der Waals surface area contributed by atoms with Crippen LogP contribution in [0.5, 0.6) is 0 Å². The number of hydrogen-bond acceptors (Lipinski definition) is 3. The summed E-state index contributed by atoms with van der Waals surface area (Å²) in [6.45, 7) is 0.275. The maximum Gasteiger partial charge on any atom is 0.251 e. The third-order valence-electron chi connectivity index (χ3n) is 2.66. The van der Waals surface area contributed by atoms with Crippen molar-refractivity contribution in [2.45, 2.75) is 12.5 Å². The molecule has 5 heteroatoms. The number of amides is 1. The lowest BCUT2D eigenvalue weighted by Crippen LogP contribution is -2.25. The van der Waals surface area contributed by atoms with Crippen molar-refractivity contribution in [1.29, 1.82) is 0 Å². The van der Waals surface area contributed by atoms with Crippen molar-refractivity contribution in [3.05, 3.63) is 59.8 Å². The van der Waals surface area contributed by atoms with Crippen LogP contribution in [-0.2, 0) is 0 Å². The molecular formula is C14H14FNO3. The fourth-order valence-electron chi connectivity index (χ4n) is 1.68. The first-order valence-electron chi connectivity index (χ1n) is 5.92. The number of carbonyl (C=O) groups is 1. The first-order valence-corrected chi connectivity index (χ1v) is 5.92. The highest BCUT2D eigenvalue weighted by Gasteiger charge is 2.11. The van der Waals surface area contributed by atoms with Crippen molar-refractivity contribution in [2.24, 2.45) is 0 Å². The van der Waals surface area contributed by atoms with Crippen molar-refractivity contribution < 1.29 is 18.7 Å². The predicted molar refractivity (Wildman–Crippen MR) is 67.0 cm³/mol. The fourth-order valence-corrected chi connectivity index (χ4v) is 1.68. The van der Waals surface area contributed by atoms with Crippen molar-refractivity contribution in [2.75, 3.05) is 6.54 Å². The Bertz CT molecular complexity index is 539. The van der Waals surface area contributed by atoms with Gasteiger partial charge in [0.1, 0.15) is 17.7 Å². The molecule has 0 radical (unpaired) electrons. The predicted octanol–water partition coefficient (Wildman–Crippen LogP) is 2.27. The van der Waals surface area contributed by atoms with Gasteiger partial charge in [0.15, 0.2) is 0 Å². The van der Waals surface area contributed by atoms with Gasteiger partial charge in [0.25, 0.3) is 5.91 Å². The van der Waals surface area contributed by atoms with Crippen molar-refractivity contribution in [1.82, 2.24) is 5.32 Å². The van der Waals surface area contributed by atoms with Gasteiger partial charge in [-0.3, -0.25) is 4.79 Å².